The lowest BCUT2D eigenvalue weighted by Gasteiger charge is -2.58. The Morgan fingerprint density at radius 2 is 1.94 bits per heavy atom. The number of rotatable bonds is 4. The molecule has 0 aliphatic heterocycles. The number of unbranched alkanes of at least 4 members (excludes halogenated alkanes) is 1. The van der Waals surface area contributed by atoms with Crippen LogP contribution in [0.2, 0.25) is 5.82 Å². The van der Waals surface area contributed by atoms with Gasteiger partial charge in [0, 0.05) is 0 Å². The van der Waals surface area contributed by atoms with Crippen molar-refractivity contribution in [3.05, 3.63) is 0 Å². The summed E-state index contributed by atoms with van der Waals surface area (Å²) < 4.78 is 0. The van der Waals surface area contributed by atoms with Crippen molar-refractivity contribution in [1.82, 2.24) is 0 Å². The Morgan fingerprint density at radius 3 is 2.61 bits per heavy atom. The highest BCUT2D eigenvalue weighted by Gasteiger charge is 2.52. The van der Waals surface area contributed by atoms with E-state index in [4.69, 9.17) is 0 Å². The van der Waals surface area contributed by atoms with Gasteiger partial charge in [0.15, 0.2) is 0 Å². The monoisotopic (exact) mass is 248 g/mol. The SMILES string of the molecule is BC(C)C1CCC2(CCCC)CCCCC2(C)C1. The van der Waals surface area contributed by atoms with E-state index in [0.717, 1.165) is 17.2 Å². The van der Waals surface area contributed by atoms with Crippen LogP contribution in [0.5, 0.6) is 0 Å². The van der Waals surface area contributed by atoms with Crippen LogP contribution in [0.1, 0.15) is 85.0 Å². The smallest absolute Gasteiger partial charge is 0.0697 e. The van der Waals surface area contributed by atoms with Gasteiger partial charge in [-0.15, -0.1) is 0 Å². The normalized spacial score (nSPS) is 42.3. The molecule has 1 heteroatoms. The first-order valence-corrected chi connectivity index (χ1v) is 8.53. The molecule has 0 aromatic heterocycles. The van der Waals surface area contributed by atoms with Crippen LogP contribution < -0.4 is 0 Å². The van der Waals surface area contributed by atoms with Gasteiger partial charge >= 0.3 is 0 Å². The maximum Gasteiger partial charge on any atom is 0.105 e. The van der Waals surface area contributed by atoms with Crippen molar-refractivity contribution in [3.63, 3.8) is 0 Å². The van der Waals surface area contributed by atoms with Gasteiger partial charge in [-0.05, 0) is 48.9 Å². The van der Waals surface area contributed by atoms with Gasteiger partial charge in [-0.1, -0.05) is 58.7 Å². The molecule has 0 saturated heterocycles. The fourth-order valence-corrected chi connectivity index (χ4v) is 5.07. The van der Waals surface area contributed by atoms with Gasteiger partial charge < -0.3 is 0 Å². The highest BCUT2D eigenvalue weighted by Crippen LogP contribution is 2.63. The van der Waals surface area contributed by atoms with Crippen molar-refractivity contribution in [1.29, 1.82) is 0 Å². The van der Waals surface area contributed by atoms with Crippen LogP contribution >= 0.6 is 0 Å². The Morgan fingerprint density at radius 1 is 1.22 bits per heavy atom. The minimum absolute atomic E-state index is 0.674. The van der Waals surface area contributed by atoms with E-state index in [9.17, 15) is 0 Å². The molecule has 0 N–H and O–H groups in total. The van der Waals surface area contributed by atoms with Crippen molar-refractivity contribution in [2.45, 2.75) is 90.8 Å². The molecule has 4 atom stereocenters. The number of fused-ring (bicyclic) bond motifs is 1. The largest absolute Gasteiger partial charge is 0.105 e. The van der Waals surface area contributed by atoms with E-state index in [1.807, 2.05) is 0 Å². The maximum atomic E-state index is 2.65. The summed E-state index contributed by atoms with van der Waals surface area (Å²) in [6.07, 6.45) is 15.0. The summed E-state index contributed by atoms with van der Waals surface area (Å²) in [4.78, 5) is 0. The third kappa shape index (κ3) is 2.52. The van der Waals surface area contributed by atoms with Gasteiger partial charge in [0.25, 0.3) is 0 Å². The molecule has 0 spiro atoms. The van der Waals surface area contributed by atoms with Crippen molar-refractivity contribution in [3.8, 4) is 0 Å². The zero-order valence-electron chi connectivity index (χ0n) is 13.2. The minimum Gasteiger partial charge on any atom is -0.0697 e. The van der Waals surface area contributed by atoms with E-state index in [1.165, 1.54) is 64.2 Å². The molecule has 0 amide bonds. The van der Waals surface area contributed by atoms with Gasteiger partial charge in [0.2, 0.25) is 0 Å². The van der Waals surface area contributed by atoms with E-state index in [1.54, 1.807) is 0 Å². The number of hydrogen-bond acceptors (Lipinski definition) is 0. The molecule has 2 saturated carbocycles. The third-order valence-corrected chi connectivity index (χ3v) is 6.57. The third-order valence-electron chi connectivity index (χ3n) is 6.57. The molecule has 4 unspecified atom stereocenters. The second-order valence-electron chi connectivity index (χ2n) is 7.90. The molecule has 0 aromatic rings. The van der Waals surface area contributed by atoms with Crippen molar-refractivity contribution in [2.24, 2.45) is 16.7 Å². The van der Waals surface area contributed by atoms with E-state index in [-0.39, 0.29) is 0 Å². The average molecular weight is 248 g/mol. The quantitative estimate of drug-likeness (QED) is 0.615. The van der Waals surface area contributed by atoms with Gasteiger partial charge in [-0.25, -0.2) is 0 Å². The Hall–Kier alpha value is 0.0649. The van der Waals surface area contributed by atoms with E-state index in [0.29, 0.717) is 5.41 Å². The predicted octanol–water partition coefficient (Wildman–Crippen LogP) is 4.98. The second-order valence-corrected chi connectivity index (χ2v) is 7.90. The highest BCUT2D eigenvalue weighted by molar-refractivity contribution is 6.11. The highest BCUT2D eigenvalue weighted by atomic mass is 14.6. The van der Waals surface area contributed by atoms with Crippen LogP contribution in [0, 0.1) is 16.7 Å². The minimum atomic E-state index is 0.674. The molecule has 104 valence electrons. The Bertz CT molecular complexity index is 273. The van der Waals surface area contributed by atoms with Crippen LogP contribution in [-0.4, -0.2) is 7.85 Å². The fraction of sp³-hybridized carbons (Fsp3) is 1.00. The fourth-order valence-electron chi connectivity index (χ4n) is 5.07. The van der Waals surface area contributed by atoms with Crippen molar-refractivity contribution < 1.29 is 0 Å². The molecule has 2 aliphatic carbocycles. The molecule has 0 nitrogen and oxygen atoms in total. The summed E-state index contributed by atoms with van der Waals surface area (Å²) in [6.45, 7) is 7.45. The lowest BCUT2D eigenvalue weighted by atomic mass is 9.46. The molecule has 0 bridgehead atoms. The zero-order valence-corrected chi connectivity index (χ0v) is 13.2. The molecule has 2 aliphatic rings. The summed E-state index contributed by atoms with van der Waals surface area (Å²) in [5.74, 6) is 1.90. The Kier molecular flexibility index (Phi) is 4.50. The van der Waals surface area contributed by atoms with Gasteiger partial charge in [0.1, 0.15) is 7.85 Å². The zero-order chi connectivity index (χ0) is 13.2. The molecule has 18 heavy (non-hydrogen) atoms. The summed E-state index contributed by atoms with van der Waals surface area (Å²) in [7, 11) is 2.44. The van der Waals surface area contributed by atoms with Crippen LogP contribution in [0.3, 0.4) is 0 Å². The first kappa shape index (κ1) is 14.5. The first-order chi connectivity index (χ1) is 8.53. The standard InChI is InChI=1S/C17H33B/c1-4-5-10-17-11-7-6-9-16(17,3)13-15(8-12-17)14(2)18/h14-15H,4-13,18H2,1-3H3. The summed E-state index contributed by atoms with van der Waals surface area (Å²) >= 11 is 0. The molecule has 2 fully saturated rings. The van der Waals surface area contributed by atoms with Gasteiger partial charge in [0.05, 0.1) is 0 Å². The summed E-state index contributed by atoms with van der Waals surface area (Å²) in [5.41, 5.74) is 1.40. The summed E-state index contributed by atoms with van der Waals surface area (Å²) in [5, 5.41) is 0. The molecule has 2 rings (SSSR count). The molecule has 0 radical (unpaired) electrons. The van der Waals surface area contributed by atoms with E-state index >= 15 is 0 Å². The average Bonchev–Trinajstić information content (AvgIpc) is 2.35. The van der Waals surface area contributed by atoms with Crippen molar-refractivity contribution in [2.75, 3.05) is 0 Å². The second kappa shape index (κ2) is 5.59. The van der Waals surface area contributed by atoms with Crippen LogP contribution in [0.4, 0.5) is 0 Å². The lowest BCUT2D eigenvalue weighted by Crippen LogP contribution is -2.47. The molecule has 0 aromatic carbocycles. The topological polar surface area (TPSA) is 0 Å². The van der Waals surface area contributed by atoms with Crippen molar-refractivity contribution >= 4 is 7.85 Å². The van der Waals surface area contributed by atoms with Crippen LogP contribution in [0.25, 0.3) is 0 Å². The summed E-state index contributed by atoms with van der Waals surface area (Å²) in [6, 6.07) is 0. The Balaban J connectivity index is 2.15. The maximum absolute atomic E-state index is 2.65. The Labute approximate surface area is 116 Å². The van der Waals surface area contributed by atoms with Crippen LogP contribution in [0.15, 0.2) is 0 Å². The van der Waals surface area contributed by atoms with Gasteiger partial charge in [-0.2, -0.15) is 0 Å². The molecular formula is C17H33B. The van der Waals surface area contributed by atoms with Crippen LogP contribution in [-0.2, 0) is 0 Å². The number of hydrogen-bond donors (Lipinski definition) is 0. The predicted molar refractivity (Wildman–Crippen MR) is 83.8 cm³/mol. The van der Waals surface area contributed by atoms with Gasteiger partial charge in [-0.3, -0.25) is 0 Å². The van der Waals surface area contributed by atoms with E-state index in [2.05, 4.69) is 28.6 Å². The van der Waals surface area contributed by atoms with E-state index < -0.39 is 0 Å². The first-order valence-electron chi connectivity index (χ1n) is 8.53. The lowest BCUT2D eigenvalue weighted by molar-refractivity contribution is -0.0697. The molecule has 0 heterocycles. The molecular weight excluding hydrogens is 215 g/mol.